The van der Waals surface area contributed by atoms with E-state index in [0.717, 1.165) is 70.5 Å². The third-order valence-electron chi connectivity index (χ3n) is 4.63. The molecule has 128 valence electrons. The van der Waals surface area contributed by atoms with Gasteiger partial charge in [0, 0.05) is 82.9 Å². The molecule has 1 amide bonds. The zero-order valence-corrected chi connectivity index (χ0v) is 14.8. The van der Waals surface area contributed by atoms with Gasteiger partial charge >= 0.3 is 0 Å². The number of aryl methyl sites for hydroxylation is 1. The van der Waals surface area contributed by atoms with E-state index in [1.54, 1.807) is 11.3 Å². The zero-order valence-electron chi connectivity index (χ0n) is 14.0. The SMILES string of the molecule is Cc1ncc(CN2CCN(CCC(=O)N3CCNCC3)CC2)s1. The second-order valence-corrected chi connectivity index (χ2v) is 7.66. The van der Waals surface area contributed by atoms with Crippen molar-refractivity contribution in [2.24, 2.45) is 0 Å². The molecule has 7 heteroatoms. The highest BCUT2D eigenvalue weighted by Crippen LogP contribution is 2.15. The third kappa shape index (κ3) is 4.97. The highest BCUT2D eigenvalue weighted by atomic mass is 32.1. The summed E-state index contributed by atoms with van der Waals surface area (Å²) in [7, 11) is 0. The normalized spacial score (nSPS) is 20.8. The lowest BCUT2D eigenvalue weighted by atomic mass is 10.2. The molecule has 0 aromatic carbocycles. The van der Waals surface area contributed by atoms with Crippen molar-refractivity contribution in [2.45, 2.75) is 19.9 Å². The van der Waals surface area contributed by atoms with Crippen molar-refractivity contribution in [3.8, 4) is 0 Å². The quantitative estimate of drug-likeness (QED) is 0.842. The fourth-order valence-electron chi connectivity index (χ4n) is 3.20. The van der Waals surface area contributed by atoms with Gasteiger partial charge in [0.1, 0.15) is 0 Å². The monoisotopic (exact) mass is 337 g/mol. The molecule has 2 saturated heterocycles. The molecule has 0 radical (unpaired) electrons. The Balaban J connectivity index is 1.35. The number of rotatable bonds is 5. The van der Waals surface area contributed by atoms with Crippen molar-refractivity contribution < 1.29 is 4.79 Å². The van der Waals surface area contributed by atoms with Gasteiger partial charge < -0.3 is 15.1 Å². The van der Waals surface area contributed by atoms with Crippen molar-refractivity contribution in [1.82, 2.24) is 25.0 Å². The molecule has 0 spiro atoms. The van der Waals surface area contributed by atoms with Crippen molar-refractivity contribution in [1.29, 1.82) is 0 Å². The third-order valence-corrected chi connectivity index (χ3v) is 5.52. The summed E-state index contributed by atoms with van der Waals surface area (Å²) in [5.74, 6) is 0.314. The van der Waals surface area contributed by atoms with E-state index in [1.165, 1.54) is 4.88 Å². The second-order valence-electron chi connectivity index (χ2n) is 6.34. The van der Waals surface area contributed by atoms with E-state index in [4.69, 9.17) is 0 Å². The number of nitrogens with one attached hydrogen (secondary N) is 1. The van der Waals surface area contributed by atoms with Crippen LogP contribution >= 0.6 is 11.3 Å². The van der Waals surface area contributed by atoms with E-state index in [0.29, 0.717) is 12.3 Å². The van der Waals surface area contributed by atoms with Crippen molar-refractivity contribution >= 4 is 17.2 Å². The van der Waals surface area contributed by atoms with E-state index < -0.39 is 0 Å². The van der Waals surface area contributed by atoms with Gasteiger partial charge in [0.05, 0.1) is 5.01 Å². The predicted molar refractivity (Wildman–Crippen MR) is 92.6 cm³/mol. The maximum atomic E-state index is 12.2. The zero-order chi connectivity index (χ0) is 16.1. The number of thiazole rings is 1. The van der Waals surface area contributed by atoms with Gasteiger partial charge in [-0.1, -0.05) is 0 Å². The molecule has 2 aliphatic heterocycles. The van der Waals surface area contributed by atoms with Crippen LogP contribution in [0.4, 0.5) is 0 Å². The first-order valence-electron chi connectivity index (χ1n) is 8.55. The minimum absolute atomic E-state index is 0.314. The fraction of sp³-hybridized carbons (Fsp3) is 0.750. The molecule has 6 nitrogen and oxygen atoms in total. The van der Waals surface area contributed by atoms with Gasteiger partial charge in [-0.2, -0.15) is 0 Å². The first-order valence-corrected chi connectivity index (χ1v) is 9.37. The van der Waals surface area contributed by atoms with E-state index in [1.807, 2.05) is 11.1 Å². The molecule has 3 heterocycles. The van der Waals surface area contributed by atoms with Crippen LogP contribution in [0.25, 0.3) is 0 Å². The number of carbonyl (C=O) groups is 1. The Morgan fingerprint density at radius 3 is 2.52 bits per heavy atom. The number of nitrogens with zero attached hydrogens (tertiary/aromatic N) is 4. The molecule has 2 aliphatic rings. The van der Waals surface area contributed by atoms with E-state index in [9.17, 15) is 4.79 Å². The molecular weight excluding hydrogens is 310 g/mol. The first kappa shape index (κ1) is 16.8. The topological polar surface area (TPSA) is 51.7 Å². The van der Waals surface area contributed by atoms with Crippen LogP contribution in [0, 0.1) is 6.92 Å². The van der Waals surface area contributed by atoms with Crippen LogP contribution in [0.3, 0.4) is 0 Å². The Morgan fingerprint density at radius 1 is 1.17 bits per heavy atom. The summed E-state index contributed by atoms with van der Waals surface area (Å²) in [6.45, 7) is 11.8. The summed E-state index contributed by atoms with van der Waals surface area (Å²) >= 11 is 1.79. The second kappa shape index (κ2) is 8.19. The smallest absolute Gasteiger partial charge is 0.223 e. The highest BCUT2D eigenvalue weighted by molar-refractivity contribution is 7.11. The Morgan fingerprint density at radius 2 is 1.87 bits per heavy atom. The molecule has 0 saturated carbocycles. The lowest BCUT2D eigenvalue weighted by Crippen LogP contribution is -2.49. The maximum Gasteiger partial charge on any atom is 0.223 e. The summed E-state index contributed by atoms with van der Waals surface area (Å²) in [5, 5.41) is 4.43. The van der Waals surface area contributed by atoms with E-state index >= 15 is 0 Å². The van der Waals surface area contributed by atoms with E-state index in [-0.39, 0.29) is 0 Å². The number of hydrogen-bond donors (Lipinski definition) is 1. The summed E-state index contributed by atoms with van der Waals surface area (Å²) < 4.78 is 0. The number of piperazine rings is 2. The molecule has 2 fully saturated rings. The molecule has 0 aliphatic carbocycles. The van der Waals surface area contributed by atoms with Crippen LogP contribution in [-0.2, 0) is 11.3 Å². The van der Waals surface area contributed by atoms with Gasteiger partial charge in [-0.3, -0.25) is 9.69 Å². The number of hydrogen-bond acceptors (Lipinski definition) is 6. The molecule has 0 unspecified atom stereocenters. The van der Waals surface area contributed by atoms with Crippen LogP contribution in [0.5, 0.6) is 0 Å². The van der Waals surface area contributed by atoms with Crippen molar-refractivity contribution in [2.75, 3.05) is 58.9 Å². The maximum absolute atomic E-state index is 12.2. The van der Waals surface area contributed by atoms with Crippen molar-refractivity contribution in [3.63, 3.8) is 0 Å². The van der Waals surface area contributed by atoms with Crippen LogP contribution in [0.15, 0.2) is 6.20 Å². The fourth-order valence-corrected chi connectivity index (χ4v) is 4.03. The Labute approximate surface area is 142 Å². The molecule has 0 atom stereocenters. The standard InChI is InChI=1S/C16H27N5OS/c1-14-18-12-15(23-14)13-20-10-8-19(9-11-20)5-2-16(22)21-6-3-17-4-7-21/h12,17H,2-11,13H2,1H3. The lowest BCUT2D eigenvalue weighted by molar-refractivity contribution is -0.132. The van der Waals surface area contributed by atoms with Gasteiger partial charge in [0.2, 0.25) is 5.91 Å². The first-order chi connectivity index (χ1) is 11.2. The minimum Gasteiger partial charge on any atom is -0.340 e. The number of carbonyl (C=O) groups excluding carboxylic acids is 1. The van der Waals surface area contributed by atoms with Gasteiger partial charge in [-0.05, 0) is 6.92 Å². The Bertz CT molecular complexity index is 506. The minimum atomic E-state index is 0.314. The molecule has 3 rings (SSSR count). The summed E-state index contributed by atoms with van der Waals surface area (Å²) in [6, 6.07) is 0. The number of aromatic nitrogens is 1. The Hall–Kier alpha value is -1.02. The molecular formula is C16H27N5OS. The average molecular weight is 337 g/mol. The largest absolute Gasteiger partial charge is 0.340 e. The van der Waals surface area contributed by atoms with Gasteiger partial charge in [-0.25, -0.2) is 4.98 Å². The van der Waals surface area contributed by atoms with E-state index in [2.05, 4.69) is 27.0 Å². The summed E-state index contributed by atoms with van der Waals surface area (Å²) in [6.07, 6.45) is 2.66. The lowest BCUT2D eigenvalue weighted by Gasteiger charge is -2.35. The van der Waals surface area contributed by atoms with Crippen LogP contribution in [-0.4, -0.2) is 84.5 Å². The van der Waals surface area contributed by atoms with Gasteiger partial charge in [-0.15, -0.1) is 11.3 Å². The molecule has 1 aromatic heterocycles. The molecule has 23 heavy (non-hydrogen) atoms. The van der Waals surface area contributed by atoms with Gasteiger partial charge in [0.25, 0.3) is 0 Å². The van der Waals surface area contributed by atoms with Gasteiger partial charge in [0.15, 0.2) is 0 Å². The molecule has 0 bridgehead atoms. The van der Waals surface area contributed by atoms with Crippen LogP contribution in [0.2, 0.25) is 0 Å². The predicted octanol–water partition coefficient (Wildman–Crippen LogP) is 0.391. The summed E-state index contributed by atoms with van der Waals surface area (Å²) in [4.78, 5) is 24.8. The van der Waals surface area contributed by atoms with Crippen LogP contribution < -0.4 is 5.32 Å². The summed E-state index contributed by atoms with van der Waals surface area (Å²) in [5.41, 5.74) is 0. The van der Waals surface area contributed by atoms with Crippen LogP contribution in [0.1, 0.15) is 16.3 Å². The van der Waals surface area contributed by atoms with Crippen molar-refractivity contribution in [3.05, 3.63) is 16.1 Å². The average Bonchev–Trinajstić information content (AvgIpc) is 2.99. The molecule has 1 N–H and O–H groups in total. The molecule has 1 aromatic rings. The Kier molecular flexibility index (Phi) is 5.99. The highest BCUT2D eigenvalue weighted by Gasteiger charge is 2.20. The number of amides is 1.